The van der Waals surface area contributed by atoms with Crippen LogP contribution in [0.5, 0.6) is 0 Å². The molecule has 0 radical (unpaired) electrons. The number of quaternary nitrogens is 1. The Labute approximate surface area is 404 Å². The highest BCUT2D eigenvalue weighted by Gasteiger charge is 2.23. The maximum atomic E-state index is 12.9. The first-order valence-corrected chi connectivity index (χ1v) is 29.7. The van der Waals surface area contributed by atoms with Crippen molar-refractivity contribution in [2.24, 2.45) is 0 Å². The molecule has 0 heterocycles. The van der Waals surface area contributed by atoms with Gasteiger partial charge in [-0.05, 0) is 44.9 Å². The Morgan fingerprint density at radius 2 is 0.846 bits per heavy atom. The molecule has 65 heavy (non-hydrogen) atoms. The molecule has 0 aromatic heterocycles. The second-order valence-corrected chi connectivity index (χ2v) is 22.1. The highest BCUT2D eigenvalue weighted by Crippen LogP contribution is 2.38. The van der Waals surface area contributed by atoms with Gasteiger partial charge in [-0.3, -0.25) is 9.36 Å². The van der Waals surface area contributed by atoms with E-state index < -0.39 is 20.0 Å². The first-order chi connectivity index (χ1) is 31.5. The monoisotopic (exact) mass is 939 g/mol. The molecule has 8 nitrogen and oxygen atoms in total. The van der Waals surface area contributed by atoms with E-state index in [1.807, 2.05) is 27.2 Å². The standard InChI is InChI=1S/C56H111N2O6P/c1-6-8-10-12-14-16-18-20-22-24-25-26-27-28-29-30-31-32-33-34-36-38-40-42-44-46-48-50-56(60)57-54(53-64-65(61,62)63-52-51-58(3,4)5)55(59)49-47-45-43-41-39-37-35-23-21-19-17-15-13-11-9-7-2/h28-29,47,49,54-55,59H,6-27,30-46,48,50-53H2,1-5H3,(H-,57,60,61,62)/b29-28-,49-47+. The number of allylic oxidation sites excluding steroid dienone is 3. The van der Waals surface area contributed by atoms with Crippen molar-refractivity contribution in [2.45, 2.75) is 289 Å². The fourth-order valence-electron chi connectivity index (χ4n) is 8.44. The predicted molar refractivity (Wildman–Crippen MR) is 279 cm³/mol. The van der Waals surface area contributed by atoms with Gasteiger partial charge in [-0.25, -0.2) is 0 Å². The molecule has 1 amide bonds. The summed E-state index contributed by atoms with van der Waals surface area (Å²) in [5.74, 6) is -0.195. The first kappa shape index (κ1) is 64.0. The van der Waals surface area contributed by atoms with Crippen LogP contribution < -0.4 is 10.2 Å². The lowest BCUT2D eigenvalue weighted by molar-refractivity contribution is -0.870. The number of rotatable bonds is 52. The minimum absolute atomic E-state index is 0.000587. The molecule has 0 rings (SSSR count). The van der Waals surface area contributed by atoms with Crippen LogP contribution in [0.25, 0.3) is 0 Å². The molecular formula is C56H111N2O6P. The van der Waals surface area contributed by atoms with Crippen LogP contribution in [0.3, 0.4) is 0 Å². The van der Waals surface area contributed by atoms with Gasteiger partial charge in [0, 0.05) is 6.42 Å². The molecule has 0 aliphatic rings. The number of carbonyl (C=O) groups excluding carboxylic acids is 1. The van der Waals surface area contributed by atoms with Crippen LogP contribution in [-0.4, -0.2) is 68.5 Å². The van der Waals surface area contributed by atoms with E-state index in [1.54, 1.807) is 6.08 Å². The van der Waals surface area contributed by atoms with Crippen molar-refractivity contribution in [3.8, 4) is 0 Å². The fraction of sp³-hybridized carbons (Fsp3) is 0.911. The summed E-state index contributed by atoms with van der Waals surface area (Å²) in [6.07, 6.45) is 59.6. The van der Waals surface area contributed by atoms with Crippen molar-refractivity contribution in [1.82, 2.24) is 5.32 Å². The lowest BCUT2D eigenvalue weighted by Gasteiger charge is -2.29. The maximum Gasteiger partial charge on any atom is 0.268 e. The zero-order chi connectivity index (χ0) is 47.8. The van der Waals surface area contributed by atoms with Crippen LogP contribution in [0.4, 0.5) is 0 Å². The Balaban J connectivity index is 4.15. The average Bonchev–Trinajstić information content (AvgIpc) is 3.26. The Morgan fingerprint density at radius 3 is 1.20 bits per heavy atom. The number of likely N-dealkylation sites (N-methyl/N-ethyl adjacent to an activating group) is 1. The zero-order valence-corrected chi connectivity index (χ0v) is 44.9. The van der Waals surface area contributed by atoms with Crippen molar-refractivity contribution in [3.05, 3.63) is 24.3 Å². The molecule has 0 spiro atoms. The van der Waals surface area contributed by atoms with Crippen molar-refractivity contribution in [3.63, 3.8) is 0 Å². The van der Waals surface area contributed by atoms with E-state index >= 15 is 0 Å². The van der Waals surface area contributed by atoms with E-state index in [0.29, 0.717) is 17.4 Å². The van der Waals surface area contributed by atoms with Gasteiger partial charge in [-0.15, -0.1) is 0 Å². The summed E-state index contributed by atoms with van der Waals surface area (Å²) < 4.78 is 23.3. The molecule has 0 aromatic rings. The minimum atomic E-state index is -4.59. The Morgan fingerprint density at radius 1 is 0.523 bits per heavy atom. The molecule has 0 aromatic carbocycles. The summed E-state index contributed by atoms with van der Waals surface area (Å²) in [7, 11) is 1.27. The molecule has 3 unspecified atom stereocenters. The number of phosphoric ester groups is 1. The van der Waals surface area contributed by atoms with Gasteiger partial charge < -0.3 is 28.8 Å². The smallest absolute Gasteiger partial charge is 0.268 e. The molecule has 9 heteroatoms. The predicted octanol–water partition coefficient (Wildman–Crippen LogP) is 16.2. The summed E-state index contributed by atoms with van der Waals surface area (Å²) in [4.78, 5) is 25.5. The normalized spacial score (nSPS) is 14.1. The van der Waals surface area contributed by atoms with E-state index in [9.17, 15) is 19.4 Å². The van der Waals surface area contributed by atoms with Crippen molar-refractivity contribution in [2.75, 3.05) is 40.9 Å². The number of nitrogens with one attached hydrogen (secondary N) is 1. The average molecular weight is 939 g/mol. The van der Waals surface area contributed by atoms with E-state index in [0.717, 1.165) is 38.5 Å². The second kappa shape index (κ2) is 48.0. The van der Waals surface area contributed by atoms with Crippen LogP contribution in [0, 0.1) is 0 Å². The fourth-order valence-corrected chi connectivity index (χ4v) is 9.17. The van der Waals surface area contributed by atoms with E-state index in [2.05, 4.69) is 31.3 Å². The number of aliphatic hydroxyl groups is 1. The minimum Gasteiger partial charge on any atom is -0.756 e. The number of carbonyl (C=O) groups is 1. The topological polar surface area (TPSA) is 108 Å². The van der Waals surface area contributed by atoms with Gasteiger partial charge >= 0.3 is 0 Å². The number of phosphoric acid groups is 1. The Kier molecular flexibility index (Phi) is 47.3. The Bertz CT molecular complexity index is 1110. The SMILES string of the molecule is CCCCCCCCCCCCCC/C=C\CCCCCCCCCCCCCC(=O)NC(COP(=O)([O-])OCC[N+](C)(C)C)C(O)/C=C/CCCCCCCCCCCCCCCC. The van der Waals surface area contributed by atoms with Gasteiger partial charge in [0.15, 0.2) is 0 Å². The first-order valence-electron chi connectivity index (χ1n) is 28.2. The van der Waals surface area contributed by atoms with Crippen molar-refractivity contribution >= 4 is 13.7 Å². The highest BCUT2D eigenvalue weighted by molar-refractivity contribution is 7.45. The molecule has 386 valence electrons. The highest BCUT2D eigenvalue weighted by atomic mass is 31.2. The van der Waals surface area contributed by atoms with Crippen LogP contribution in [-0.2, 0) is 18.4 Å². The molecule has 0 fully saturated rings. The number of aliphatic hydroxyl groups excluding tert-OH is 1. The van der Waals surface area contributed by atoms with E-state index in [-0.39, 0.29) is 19.1 Å². The van der Waals surface area contributed by atoms with Gasteiger partial charge in [0.25, 0.3) is 7.82 Å². The van der Waals surface area contributed by atoms with Crippen LogP contribution in [0.15, 0.2) is 24.3 Å². The molecule has 0 aliphatic carbocycles. The number of nitrogens with zero attached hydrogens (tertiary/aromatic N) is 1. The largest absolute Gasteiger partial charge is 0.756 e. The Hall–Kier alpha value is -1.02. The van der Waals surface area contributed by atoms with Crippen LogP contribution >= 0.6 is 7.82 Å². The molecule has 0 saturated heterocycles. The molecular weight excluding hydrogens is 828 g/mol. The summed E-state index contributed by atoms with van der Waals surface area (Å²) in [5.41, 5.74) is 0. The lowest BCUT2D eigenvalue weighted by atomic mass is 10.0. The molecule has 3 atom stereocenters. The maximum absolute atomic E-state index is 12.9. The van der Waals surface area contributed by atoms with Gasteiger partial charge in [0.05, 0.1) is 39.9 Å². The summed E-state index contributed by atoms with van der Waals surface area (Å²) >= 11 is 0. The zero-order valence-electron chi connectivity index (χ0n) is 44.0. The number of unbranched alkanes of at least 4 members (excludes halogenated alkanes) is 37. The van der Waals surface area contributed by atoms with E-state index in [1.165, 1.54) is 218 Å². The van der Waals surface area contributed by atoms with E-state index in [4.69, 9.17) is 9.05 Å². The number of hydrogen-bond acceptors (Lipinski definition) is 6. The third-order valence-electron chi connectivity index (χ3n) is 12.9. The van der Waals surface area contributed by atoms with Crippen LogP contribution in [0.2, 0.25) is 0 Å². The summed E-state index contributed by atoms with van der Waals surface area (Å²) in [6.45, 7) is 4.68. The molecule has 0 saturated carbocycles. The third kappa shape index (κ3) is 50.7. The second-order valence-electron chi connectivity index (χ2n) is 20.6. The van der Waals surface area contributed by atoms with Crippen molar-refractivity contribution in [1.29, 1.82) is 0 Å². The lowest BCUT2D eigenvalue weighted by Crippen LogP contribution is -2.45. The molecule has 2 N–H and O–H groups in total. The number of hydrogen-bond donors (Lipinski definition) is 2. The van der Waals surface area contributed by atoms with Crippen LogP contribution in [0.1, 0.15) is 277 Å². The van der Waals surface area contributed by atoms with Gasteiger partial charge in [0.2, 0.25) is 5.91 Å². The van der Waals surface area contributed by atoms with Gasteiger partial charge in [-0.2, -0.15) is 0 Å². The van der Waals surface area contributed by atoms with Gasteiger partial charge in [0.1, 0.15) is 13.2 Å². The van der Waals surface area contributed by atoms with Gasteiger partial charge in [-0.1, -0.05) is 250 Å². The third-order valence-corrected chi connectivity index (χ3v) is 13.9. The quantitative estimate of drug-likeness (QED) is 0.0272. The van der Waals surface area contributed by atoms with Crippen molar-refractivity contribution < 1.29 is 32.9 Å². The summed E-state index contributed by atoms with van der Waals surface area (Å²) in [6, 6.07) is -0.884. The number of amides is 1. The summed E-state index contributed by atoms with van der Waals surface area (Å²) in [5, 5.41) is 13.9. The molecule has 0 aliphatic heterocycles. The molecule has 0 bridgehead atoms.